The van der Waals surface area contributed by atoms with Crippen molar-refractivity contribution in [2.45, 2.75) is 19.3 Å². The Morgan fingerprint density at radius 1 is 0.778 bits per heavy atom. The Morgan fingerprint density at radius 3 is 2.04 bits per heavy atom. The molecule has 5 nitrogen and oxygen atoms in total. The van der Waals surface area contributed by atoms with Gasteiger partial charge in [-0.15, -0.1) is 0 Å². The van der Waals surface area contributed by atoms with E-state index in [0.29, 0.717) is 45.6 Å². The fourth-order valence-electron chi connectivity index (χ4n) is 3.23. The second-order valence-corrected chi connectivity index (χ2v) is 6.69. The van der Waals surface area contributed by atoms with Gasteiger partial charge in [0, 0.05) is 26.2 Å². The summed E-state index contributed by atoms with van der Waals surface area (Å²) in [4.78, 5) is 28.7. The molecule has 5 heteroatoms. The van der Waals surface area contributed by atoms with Gasteiger partial charge < -0.3 is 14.5 Å². The van der Waals surface area contributed by atoms with Crippen molar-refractivity contribution in [1.29, 1.82) is 0 Å². The molecule has 1 fully saturated rings. The van der Waals surface area contributed by atoms with Gasteiger partial charge in [-0.25, -0.2) is 0 Å². The van der Waals surface area contributed by atoms with Gasteiger partial charge in [0.2, 0.25) is 11.8 Å². The number of para-hydroxylation sites is 1. The van der Waals surface area contributed by atoms with Crippen LogP contribution in [0.2, 0.25) is 0 Å². The molecule has 0 unspecified atom stereocenters. The summed E-state index contributed by atoms with van der Waals surface area (Å²) in [6, 6.07) is 19.3. The Bertz CT molecular complexity index is 734. The number of rotatable bonds is 6. The molecule has 1 aliphatic rings. The first-order valence-corrected chi connectivity index (χ1v) is 9.50. The average Bonchev–Trinajstić information content (AvgIpc) is 2.96. The quantitative estimate of drug-likeness (QED) is 0.790. The van der Waals surface area contributed by atoms with Crippen LogP contribution >= 0.6 is 0 Å². The molecule has 142 valence electrons. The maximum Gasteiger partial charge on any atom is 0.227 e. The lowest BCUT2D eigenvalue weighted by molar-refractivity contribution is -0.133. The second-order valence-electron chi connectivity index (χ2n) is 6.69. The maximum atomic E-state index is 12.5. The molecule has 27 heavy (non-hydrogen) atoms. The van der Waals surface area contributed by atoms with Crippen LogP contribution in [-0.2, 0) is 16.0 Å². The molecule has 1 heterocycles. The third kappa shape index (κ3) is 5.84. The van der Waals surface area contributed by atoms with E-state index in [9.17, 15) is 9.59 Å². The van der Waals surface area contributed by atoms with E-state index in [0.717, 1.165) is 17.7 Å². The minimum atomic E-state index is 0.0864. The van der Waals surface area contributed by atoms with Crippen LogP contribution < -0.4 is 4.74 Å². The van der Waals surface area contributed by atoms with E-state index in [1.165, 1.54) is 0 Å². The summed E-state index contributed by atoms with van der Waals surface area (Å²) in [6.07, 6.45) is 1.58. The number of carbonyl (C=O) groups excluding carboxylic acids is 2. The molecular weight excluding hydrogens is 340 g/mol. The van der Waals surface area contributed by atoms with E-state index in [1.807, 2.05) is 70.5 Å². The highest BCUT2D eigenvalue weighted by atomic mass is 16.5. The lowest BCUT2D eigenvalue weighted by atomic mass is 10.1. The Kier molecular flexibility index (Phi) is 6.85. The summed E-state index contributed by atoms with van der Waals surface area (Å²) in [6.45, 7) is 2.95. The molecule has 0 spiro atoms. The second kappa shape index (κ2) is 9.76. The molecule has 0 radical (unpaired) electrons. The molecule has 1 aliphatic heterocycles. The van der Waals surface area contributed by atoms with Gasteiger partial charge in [0.05, 0.1) is 19.4 Å². The van der Waals surface area contributed by atoms with Crippen molar-refractivity contribution >= 4 is 11.8 Å². The first-order chi connectivity index (χ1) is 13.2. The molecule has 0 atom stereocenters. The van der Waals surface area contributed by atoms with Gasteiger partial charge in [-0.05, 0) is 24.1 Å². The normalized spacial score (nSPS) is 14.5. The number of nitrogens with zero attached hydrogens (tertiary/aromatic N) is 2. The highest BCUT2D eigenvalue weighted by Crippen LogP contribution is 2.11. The van der Waals surface area contributed by atoms with Crippen LogP contribution in [0.3, 0.4) is 0 Å². The van der Waals surface area contributed by atoms with Gasteiger partial charge in [-0.3, -0.25) is 9.59 Å². The number of carbonyl (C=O) groups is 2. The fourth-order valence-corrected chi connectivity index (χ4v) is 3.23. The first kappa shape index (κ1) is 19.0. The number of ether oxygens (including phenoxy) is 1. The molecule has 0 bridgehead atoms. The highest BCUT2D eigenvalue weighted by molar-refractivity contribution is 5.79. The van der Waals surface area contributed by atoms with Crippen LogP contribution in [0.1, 0.15) is 18.4 Å². The molecule has 2 aromatic carbocycles. The van der Waals surface area contributed by atoms with Crippen molar-refractivity contribution in [3.63, 3.8) is 0 Å². The Balaban J connectivity index is 1.43. The van der Waals surface area contributed by atoms with E-state index in [-0.39, 0.29) is 11.8 Å². The number of amides is 2. The van der Waals surface area contributed by atoms with E-state index in [4.69, 9.17) is 4.74 Å². The van der Waals surface area contributed by atoms with Crippen molar-refractivity contribution in [2.75, 3.05) is 32.8 Å². The highest BCUT2D eigenvalue weighted by Gasteiger charge is 2.22. The molecule has 0 aliphatic carbocycles. The predicted octanol–water partition coefficient (Wildman–Crippen LogP) is 2.76. The van der Waals surface area contributed by atoms with Crippen LogP contribution in [0.15, 0.2) is 60.7 Å². The molecule has 0 aromatic heterocycles. The molecule has 2 amide bonds. The average molecular weight is 366 g/mol. The SMILES string of the molecule is O=C(CCOc1ccccc1)N1CCCN(C(=O)Cc2ccccc2)CC1. The van der Waals surface area contributed by atoms with Gasteiger partial charge in [0.25, 0.3) is 0 Å². The fraction of sp³-hybridized carbons (Fsp3) is 0.364. The predicted molar refractivity (Wildman–Crippen MR) is 104 cm³/mol. The summed E-state index contributed by atoms with van der Waals surface area (Å²) in [5, 5.41) is 0. The van der Waals surface area contributed by atoms with E-state index < -0.39 is 0 Å². The van der Waals surface area contributed by atoms with Crippen LogP contribution in [0.25, 0.3) is 0 Å². The molecular formula is C22H26N2O3. The van der Waals surface area contributed by atoms with Gasteiger partial charge in [0.15, 0.2) is 0 Å². The minimum Gasteiger partial charge on any atom is -0.493 e. The van der Waals surface area contributed by atoms with Gasteiger partial charge >= 0.3 is 0 Å². The standard InChI is InChI=1S/C22H26N2O3/c25-21(12-17-27-20-10-5-2-6-11-20)23-13-7-14-24(16-15-23)22(26)18-19-8-3-1-4-9-19/h1-6,8-11H,7,12-18H2. The van der Waals surface area contributed by atoms with Crippen molar-refractivity contribution in [3.05, 3.63) is 66.2 Å². The third-order valence-electron chi connectivity index (χ3n) is 4.73. The minimum absolute atomic E-state index is 0.0864. The number of hydrogen-bond donors (Lipinski definition) is 0. The van der Waals surface area contributed by atoms with E-state index in [1.54, 1.807) is 0 Å². The molecule has 2 aromatic rings. The van der Waals surface area contributed by atoms with Gasteiger partial charge in [0.1, 0.15) is 5.75 Å². The zero-order chi connectivity index (χ0) is 18.9. The summed E-state index contributed by atoms with van der Waals surface area (Å²) >= 11 is 0. The molecule has 0 saturated carbocycles. The smallest absolute Gasteiger partial charge is 0.227 e. The summed E-state index contributed by atoms with van der Waals surface area (Å²) in [5.74, 6) is 0.991. The molecule has 3 rings (SSSR count). The first-order valence-electron chi connectivity index (χ1n) is 9.50. The van der Waals surface area contributed by atoms with Crippen molar-refractivity contribution < 1.29 is 14.3 Å². The van der Waals surface area contributed by atoms with Gasteiger partial charge in [-0.2, -0.15) is 0 Å². The molecule has 1 saturated heterocycles. The van der Waals surface area contributed by atoms with Crippen LogP contribution in [0.5, 0.6) is 5.75 Å². The topological polar surface area (TPSA) is 49.9 Å². The largest absolute Gasteiger partial charge is 0.493 e. The lowest BCUT2D eigenvalue weighted by Gasteiger charge is -2.22. The summed E-state index contributed by atoms with van der Waals surface area (Å²) in [7, 11) is 0. The summed E-state index contributed by atoms with van der Waals surface area (Å²) < 4.78 is 5.61. The van der Waals surface area contributed by atoms with E-state index in [2.05, 4.69) is 0 Å². The number of hydrogen-bond acceptors (Lipinski definition) is 3. The third-order valence-corrected chi connectivity index (χ3v) is 4.73. The molecule has 0 N–H and O–H groups in total. The Hall–Kier alpha value is -2.82. The maximum absolute atomic E-state index is 12.5. The zero-order valence-electron chi connectivity index (χ0n) is 15.5. The van der Waals surface area contributed by atoms with Crippen LogP contribution in [0.4, 0.5) is 0 Å². The lowest BCUT2D eigenvalue weighted by Crippen LogP contribution is -2.38. The monoisotopic (exact) mass is 366 g/mol. The van der Waals surface area contributed by atoms with E-state index >= 15 is 0 Å². The van der Waals surface area contributed by atoms with Crippen LogP contribution in [0, 0.1) is 0 Å². The number of benzene rings is 2. The zero-order valence-corrected chi connectivity index (χ0v) is 15.5. The Labute approximate surface area is 160 Å². The van der Waals surface area contributed by atoms with Crippen molar-refractivity contribution in [1.82, 2.24) is 9.80 Å². The summed E-state index contributed by atoms with van der Waals surface area (Å²) in [5.41, 5.74) is 1.03. The Morgan fingerprint density at radius 2 is 1.37 bits per heavy atom. The van der Waals surface area contributed by atoms with Gasteiger partial charge in [-0.1, -0.05) is 48.5 Å². The van der Waals surface area contributed by atoms with Crippen LogP contribution in [-0.4, -0.2) is 54.4 Å². The van der Waals surface area contributed by atoms with Crippen molar-refractivity contribution in [3.8, 4) is 5.75 Å². The van der Waals surface area contributed by atoms with Crippen molar-refractivity contribution in [2.24, 2.45) is 0 Å².